The van der Waals surface area contributed by atoms with Gasteiger partial charge in [-0.05, 0) is 48.2 Å². The van der Waals surface area contributed by atoms with Gasteiger partial charge >= 0.3 is 0 Å². The molecule has 1 fully saturated rings. The minimum Gasteiger partial charge on any atom is -0.370 e. The molecule has 1 aliphatic rings. The SMILES string of the molecule is CCNc1ncccc1CN(Cc1ccsc1)C1CC1. The van der Waals surface area contributed by atoms with Gasteiger partial charge in [0, 0.05) is 37.4 Å². The highest BCUT2D eigenvalue weighted by molar-refractivity contribution is 7.07. The molecule has 3 nitrogen and oxygen atoms in total. The highest BCUT2D eigenvalue weighted by atomic mass is 32.1. The monoisotopic (exact) mass is 287 g/mol. The van der Waals surface area contributed by atoms with Crippen LogP contribution in [0.15, 0.2) is 35.2 Å². The summed E-state index contributed by atoms with van der Waals surface area (Å²) in [5.41, 5.74) is 2.73. The van der Waals surface area contributed by atoms with Crippen LogP contribution >= 0.6 is 11.3 Å². The second-order valence-corrected chi connectivity index (χ2v) is 6.09. The van der Waals surface area contributed by atoms with Crippen LogP contribution in [0.3, 0.4) is 0 Å². The standard InChI is InChI=1S/C16H21N3S/c1-2-17-16-14(4-3-8-18-16)11-19(15-5-6-15)10-13-7-9-20-12-13/h3-4,7-9,12,15H,2,5-6,10-11H2,1H3,(H,17,18). The molecule has 0 unspecified atom stereocenters. The summed E-state index contributed by atoms with van der Waals surface area (Å²) in [6.07, 6.45) is 4.53. The summed E-state index contributed by atoms with van der Waals surface area (Å²) in [6.45, 7) is 5.06. The van der Waals surface area contributed by atoms with Crippen molar-refractivity contribution in [3.05, 3.63) is 46.3 Å². The fourth-order valence-electron chi connectivity index (χ4n) is 2.48. The fraction of sp³-hybridized carbons (Fsp3) is 0.438. The maximum absolute atomic E-state index is 4.46. The topological polar surface area (TPSA) is 28.2 Å². The van der Waals surface area contributed by atoms with Crippen molar-refractivity contribution in [3.63, 3.8) is 0 Å². The van der Waals surface area contributed by atoms with Crippen LogP contribution < -0.4 is 5.32 Å². The third kappa shape index (κ3) is 3.38. The van der Waals surface area contributed by atoms with Gasteiger partial charge in [-0.2, -0.15) is 11.3 Å². The molecule has 0 radical (unpaired) electrons. The Morgan fingerprint density at radius 3 is 2.95 bits per heavy atom. The Hall–Kier alpha value is -1.39. The molecular formula is C16H21N3S. The van der Waals surface area contributed by atoms with E-state index in [0.29, 0.717) is 0 Å². The maximum Gasteiger partial charge on any atom is 0.130 e. The molecule has 2 aromatic heterocycles. The minimum absolute atomic E-state index is 0.754. The normalized spacial score (nSPS) is 14.7. The Morgan fingerprint density at radius 1 is 1.35 bits per heavy atom. The molecule has 4 heteroatoms. The van der Waals surface area contributed by atoms with E-state index in [0.717, 1.165) is 31.5 Å². The lowest BCUT2D eigenvalue weighted by Gasteiger charge is -2.22. The summed E-state index contributed by atoms with van der Waals surface area (Å²) < 4.78 is 0. The number of aromatic nitrogens is 1. The highest BCUT2D eigenvalue weighted by Gasteiger charge is 2.29. The lowest BCUT2D eigenvalue weighted by molar-refractivity contribution is 0.246. The van der Waals surface area contributed by atoms with Crippen LogP contribution in [0, 0.1) is 0 Å². The lowest BCUT2D eigenvalue weighted by Crippen LogP contribution is -2.25. The third-order valence-corrected chi connectivity index (χ3v) is 4.37. The maximum atomic E-state index is 4.46. The van der Waals surface area contributed by atoms with Gasteiger partial charge in [0.2, 0.25) is 0 Å². The summed E-state index contributed by atoms with van der Waals surface area (Å²) in [5.74, 6) is 1.03. The van der Waals surface area contributed by atoms with Gasteiger partial charge in [-0.25, -0.2) is 4.98 Å². The van der Waals surface area contributed by atoms with Crippen molar-refractivity contribution < 1.29 is 0 Å². The van der Waals surface area contributed by atoms with Crippen molar-refractivity contribution in [2.75, 3.05) is 11.9 Å². The molecule has 1 saturated carbocycles. The van der Waals surface area contributed by atoms with E-state index in [1.165, 1.54) is 24.0 Å². The van der Waals surface area contributed by atoms with E-state index in [4.69, 9.17) is 0 Å². The number of nitrogens with one attached hydrogen (secondary N) is 1. The van der Waals surface area contributed by atoms with Crippen LogP contribution in [0.4, 0.5) is 5.82 Å². The van der Waals surface area contributed by atoms with Gasteiger partial charge < -0.3 is 5.32 Å². The molecule has 20 heavy (non-hydrogen) atoms. The average Bonchev–Trinajstić information content (AvgIpc) is 3.19. The van der Waals surface area contributed by atoms with E-state index >= 15 is 0 Å². The highest BCUT2D eigenvalue weighted by Crippen LogP contribution is 2.31. The van der Waals surface area contributed by atoms with Crippen LogP contribution in [-0.4, -0.2) is 22.5 Å². The Bertz CT molecular complexity index is 534. The molecule has 0 bridgehead atoms. The predicted molar refractivity (Wildman–Crippen MR) is 85.0 cm³/mol. The molecule has 0 aromatic carbocycles. The van der Waals surface area contributed by atoms with Gasteiger partial charge in [-0.3, -0.25) is 4.90 Å². The summed E-state index contributed by atoms with van der Waals surface area (Å²) in [4.78, 5) is 7.05. The van der Waals surface area contributed by atoms with E-state index in [9.17, 15) is 0 Å². The zero-order valence-electron chi connectivity index (χ0n) is 11.9. The molecule has 0 saturated heterocycles. The molecule has 1 aliphatic carbocycles. The Balaban J connectivity index is 1.73. The zero-order valence-corrected chi connectivity index (χ0v) is 12.7. The third-order valence-electron chi connectivity index (χ3n) is 3.64. The summed E-state index contributed by atoms with van der Waals surface area (Å²) >= 11 is 1.78. The van der Waals surface area contributed by atoms with Gasteiger partial charge in [-0.15, -0.1) is 0 Å². The first-order chi connectivity index (χ1) is 9.86. The van der Waals surface area contributed by atoms with Crippen molar-refractivity contribution in [2.45, 2.75) is 38.9 Å². The average molecular weight is 287 g/mol. The first-order valence-corrected chi connectivity index (χ1v) is 8.24. The molecule has 0 spiro atoms. The molecule has 0 aliphatic heterocycles. The van der Waals surface area contributed by atoms with Crippen LogP contribution in [0.1, 0.15) is 30.9 Å². The van der Waals surface area contributed by atoms with E-state index in [2.05, 4.69) is 45.0 Å². The van der Waals surface area contributed by atoms with Gasteiger partial charge in [-0.1, -0.05) is 6.07 Å². The number of rotatable bonds is 7. The smallest absolute Gasteiger partial charge is 0.130 e. The van der Waals surface area contributed by atoms with Crippen molar-refractivity contribution in [1.82, 2.24) is 9.88 Å². The van der Waals surface area contributed by atoms with Crippen molar-refractivity contribution in [3.8, 4) is 0 Å². The summed E-state index contributed by atoms with van der Waals surface area (Å²) in [5, 5.41) is 7.78. The van der Waals surface area contributed by atoms with Gasteiger partial charge in [0.25, 0.3) is 0 Å². The molecular weight excluding hydrogens is 266 g/mol. The second-order valence-electron chi connectivity index (χ2n) is 5.31. The first kappa shape index (κ1) is 13.6. The van der Waals surface area contributed by atoms with Crippen molar-refractivity contribution in [2.24, 2.45) is 0 Å². The van der Waals surface area contributed by atoms with Crippen LogP contribution in [-0.2, 0) is 13.1 Å². The fourth-order valence-corrected chi connectivity index (χ4v) is 3.14. The number of hydrogen-bond donors (Lipinski definition) is 1. The van der Waals surface area contributed by atoms with Crippen LogP contribution in [0.5, 0.6) is 0 Å². The number of thiophene rings is 1. The Labute approximate surface area is 124 Å². The van der Waals surface area contributed by atoms with Crippen LogP contribution in [0.2, 0.25) is 0 Å². The quantitative estimate of drug-likeness (QED) is 0.841. The molecule has 3 rings (SSSR count). The number of nitrogens with zero attached hydrogens (tertiary/aromatic N) is 2. The second kappa shape index (κ2) is 6.37. The largest absolute Gasteiger partial charge is 0.370 e. The minimum atomic E-state index is 0.754. The molecule has 2 heterocycles. The van der Waals surface area contributed by atoms with E-state index < -0.39 is 0 Å². The van der Waals surface area contributed by atoms with E-state index in [-0.39, 0.29) is 0 Å². The molecule has 0 amide bonds. The van der Waals surface area contributed by atoms with E-state index in [1.54, 1.807) is 11.3 Å². The van der Waals surface area contributed by atoms with Crippen molar-refractivity contribution in [1.29, 1.82) is 0 Å². The van der Waals surface area contributed by atoms with Crippen LogP contribution in [0.25, 0.3) is 0 Å². The van der Waals surface area contributed by atoms with Gasteiger partial charge in [0.05, 0.1) is 0 Å². The zero-order chi connectivity index (χ0) is 13.8. The van der Waals surface area contributed by atoms with Gasteiger partial charge in [0.1, 0.15) is 5.82 Å². The number of anilines is 1. The summed E-state index contributed by atoms with van der Waals surface area (Å²) in [7, 11) is 0. The number of hydrogen-bond acceptors (Lipinski definition) is 4. The number of pyridine rings is 1. The molecule has 1 N–H and O–H groups in total. The van der Waals surface area contributed by atoms with Gasteiger partial charge in [0.15, 0.2) is 0 Å². The van der Waals surface area contributed by atoms with Crippen molar-refractivity contribution >= 4 is 17.2 Å². The van der Waals surface area contributed by atoms with E-state index in [1.807, 2.05) is 12.3 Å². The molecule has 106 valence electrons. The Kier molecular flexibility index (Phi) is 4.33. The first-order valence-electron chi connectivity index (χ1n) is 7.29. The molecule has 2 aromatic rings. The lowest BCUT2D eigenvalue weighted by atomic mass is 10.2. The molecule has 0 atom stereocenters. The Morgan fingerprint density at radius 2 is 2.25 bits per heavy atom. The summed E-state index contributed by atoms with van der Waals surface area (Å²) in [6, 6.07) is 7.21. The predicted octanol–water partition coefficient (Wildman–Crippen LogP) is 3.74.